The van der Waals surface area contributed by atoms with E-state index in [1.807, 2.05) is 19.1 Å². The Hall–Kier alpha value is -3.59. The summed E-state index contributed by atoms with van der Waals surface area (Å²) in [6.07, 6.45) is -1.85. The molecule has 2 atom stereocenters. The van der Waals surface area contributed by atoms with E-state index in [1.165, 1.54) is 12.1 Å². The van der Waals surface area contributed by atoms with Crippen molar-refractivity contribution in [1.82, 2.24) is 4.98 Å². The van der Waals surface area contributed by atoms with Gasteiger partial charge in [-0.05, 0) is 48.5 Å². The number of nitrogens with one attached hydrogen (secondary N) is 1. The number of aromatic nitrogens is 1. The first kappa shape index (κ1) is 22.6. The van der Waals surface area contributed by atoms with Gasteiger partial charge in [-0.1, -0.05) is 13.0 Å². The molecule has 1 amide bonds. The molecule has 0 bridgehead atoms. The van der Waals surface area contributed by atoms with Crippen molar-refractivity contribution in [2.24, 2.45) is 5.92 Å². The lowest BCUT2D eigenvalue weighted by atomic mass is 10.0. The van der Waals surface area contributed by atoms with Crippen LogP contribution >= 0.6 is 0 Å². The molecule has 1 aliphatic heterocycles. The van der Waals surface area contributed by atoms with Gasteiger partial charge in [-0.3, -0.25) is 9.78 Å². The van der Waals surface area contributed by atoms with Crippen LogP contribution < -0.4 is 15.0 Å². The quantitative estimate of drug-likeness (QED) is 0.580. The van der Waals surface area contributed by atoms with E-state index in [4.69, 9.17) is 0 Å². The second kappa shape index (κ2) is 9.11. The first-order valence-corrected chi connectivity index (χ1v) is 10.3. The summed E-state index contributed by atoms with van der Waals surface area (Å²) in [5.41, 5.74) is 3.21. The summed E-state index contributed by atoms with van der Waals surface area (Å²) >= 11 is 0. The van der Waals surface area contributed by atoms with Crippen LogP contribution in [0.1, 0.15) is 17.3 Å². The fraction of sp³-hybridized carbons (Fsp3) is 0.250. The van der Waals surface area contributed by atoms with Crippen molar-refractivity contribution in [3.05, 3.63) is 72.6 Å². The molecule has 9 heteroatoms. The Bertz CT molecular complexity index is 1110. The summed E-state index contributed by atoms with van der Waals surface area (Å²) in [7, 11) is 0. The maximum Gasteiger partial charge on any atom is 0.573 e. The summed E-state index contributed by atoms with van der Waals surface area (Å²) in [5, 5.41) is 12.9. The number of β-amino-alcohol motifs (C(OH)–C–C–N with tert-alkyl or cyclic N) is 1. The van der Waals surface area contributed by atoms with Crippen LogP contribution in [0.2, 0.25) is 0 Å². The first-order chi connectivity index (χ1) is 15.7. The summed E-state index contributed by atoms with van der Waals surface area (Å²) in [6, 6.07) is 13.9. The van der Waals surface area contributed by atoms with Crippen LogP contribution in [0.25, 0.3) is 11.1 Å². The highest BCUT2D eigenvalue weighted by Gasteiger charge is 2.31. The van der Waals surface area contributed by atoms with E-state index in [9.17, 15) is 23.1 Å². The average molecular weight is 457 g/mol. The highest BCUT2D eigenvalue weighted by molar-refractivity contribution is 6.05. The van der Waals surface area contributed by atoms with Crippen LogP contribution in [-0.2, 0) is 0 Å². The zero-order chi connectivity index (χ0) is 23.6. The Morgan fingerprint density at radius 1 is 1.15 bits per heavy atom. The molecule has 172 valence electrons. The minimum absolute atomic E-state index is 0.124. The molecule has 0 saturated carbocycles. The molecule has 2 heterocycles. The number of alkyl halides is 3. The van der Waals surface area contributed by atoms with Gasteiger partial charge in [0, 0.05) is 59.5 Å². The third-order valence-corrected chi connectivity index (χ3v) is 5.49. The van der Waals surface area contributed by atoms with Crippen molar-refractivity contribution >= 4 is 17.3 Å². The summed E-state index contributed by atoms with van der Waals surface area (Å²) in [4.78, 5) is 19.1. The van der Waals surface area contributed by atoms with Crippen molar-refractivity contribution in [3.63, 3.8) is 0 Å². The van der Waals surface area contributed by atoms with E-state index in [0.29, 0.717) is 24.3 Å². The Kier molecular flexibility index (Phi) is 6.24. The first-order valence-electron chi connectivity index (χ1n) is 10.3. The second-order valence-corrected chi connectivity index (χ2v) is 7.95. The molecule has 1 aromatic heterocycles. The van der Waals surface area contributed by atoms with Crippen LogP contribution in [0, 0.1) is 5.92 Å². The van der Waals surface area contributed by atoms with Gasteiger partial charge in [0.25, 0.3) is 5.91 Å². The third kappa shape index (κ3) is 5.43. The molecule has 6 nitrogen and oxygen atoms in total. The molecule has 33 heavy (non-hydrogen) atoms. The smallest absolute Gasteiger partial charge is 0.406 e. The molecule has 1 saturated heterocycles. The number of rotatable bonds is 5. The van der Waals surface area contributed by atoms with E-state index in [1.54, 1.807) is 30.6 Å². The molecular formula is C24H22F3N3O3. The maximum absolute atomic E-state index is 12.9. The van der Waals surface area contributed by atoms with Crippen LogP contribution in [-0.4, -0.2) is 41.6 Å². The molecule has 2 N–H and O–H groups in total. The molecule has 3 aromatic rings. The molecule has 0 unspecified atom stereocenters. The van der Waals surface area contributed by atoms with E-state index in [-0.39, 0.29) is 11.7 Å². The molecule has 0 radical (unpaired) electrons. The summed E-state index contributed by atoms with van der Waals surface area (Å²) in [5.74, 6) is -0.657. The van der Waals surface area contributed by atoms with Crippen molar-refractivity contribution in [1.29, 1.82) is 0 Å². The monoisotopic (exact) mass is 457 g/mol. The Balaban J connectivity index is 1.58. The second-order valence-electron chi connectivity index (χ2n) is 7.95. The van der Waals surface area contributed by atoms with Gasteiger partial charge in [-0.2, -0.15) is 0 Å². The average Bonchev–Trinajstić information content (AvgIpc) is 3.12. The lowest BCUT2D eigenvalue weighted by Crippen LogP contribution is -2.22. The zero-order valence-corrected chi connectivity index (χ0v) is 17.7. The van der Waals surface area contributed by atoms with Crippen LogP contribution in [0.4, 0.5) is 24.5 Å². The molecule has 2 aromatic carbocycles. The number of amides is 1. The normalized spacial score (nSPS) is 18.3. The number of aliphatic hydroxyl groups is 1. The number of ether oxygens (including phenoxy) is 1. The van der Waals surface area contributed by atoms with E-state index < -0.39 is 18.4 Å². The number of benzene rings is 2. The van der Waals surface area contributed by atoms with Crippen molar-refractivity contribution < 1.29 is 27.8 Å². The summed E-state index contributed by atoms with van der Waals surface area (Å²) < 4.78 is 40.8. The predicted octanol–water partition coefficient (Wildman–Crippen LogP) is 4.72. The number of carbonyl (C=O) groups is 1. The molecular weight excluding hydrogens is 435 g/mol. The van der Waals surface area contributed by atoms with Crippen molar-refractivity contribution in [2.75, 3.05) is 23.3 Å². The molecule has 1 aliphatic rings. The zero-order valence-electron chi connectivity index (χ0n) is 17.7. The van der Waals surface area contributed by atoms with Gasteiger partial charge in [-0.15, -0.1) is 13.2 Å². The maximum atomic E-state index is 12.9. The van der Waals surface area contributed by atoms with E-state index >= 15 is 0 Å². The minimum atomic E-state index is -4.78. The lowest BCUT2D eigenvalue weighted by molar-refractivity contribution is -0.274. The van der Waals surface area contributed by atoms with Crippen LogP contribution in [0.15, 0.2) is 67.0 Å². The van der Waals surface area contributed by atoms with Crippen LogP contribution in [0.5, 0.6) is 5.75 Å². The fourth-order valence-electron chi connectivity index (χ4n) is 3.80. The van der Waals surface area contributed by atoms with Gasteiger partial charge in [-0.25, -0.2) is 0 Å². The topological polar surface area (TPSA) is 74.7 Å². The number of aliphatic hydroxyl groups excluding tert-OH is 1. The van der Waals surface area contributed by atoms with Crippen molar-refractivity contribution in [2.45, 2.75) is 19.4 Å². The Morgan fingerprint density at radius 2 is 1.91 bits per heavy atom. The Morgan fingerprint density at radius 3 is 2.52 bits per heavy atom. The van der Waals surface area contributed by atoms with Gasteiger partial charge < -0.3 is 20.1 Å². The highest BCUT2D eigenvalue weighted by Crippen LogP contribution is 2.35. The molecule has 0 aliphatic carbocycles. The SMILES string of the molecule is C[C@H]1CN(c2ccc(C(=O)Nc3ccc(OC(F)(F)F)cc3)cc2-c2cccnc2)C[C@@H]1O. The predicted molar refractivity (Wildman–Crippen MR) is 118 cm³/mol. The number of halogens is 3. The molecule has 0 spiro atoms. The van der Waals surface area contributed by atoms with Gasteiger partial charge >= 0.3 is 6.36 Å². The number of nitrogens with zero attached hydrogens (tertiary/aromatic N) is 2. The van der Waals surface area contributed by atoms with Gasteiger partial charge in [0.05, 0.1) is 6.10 Å². The third-order valence-electron chi connectivity index (χ3n) is 5.49. The van der Waals surface area contributed by atoms with Gasteiger partial charge in [0.15, 0.2) is 0 Å². The van der Waals surface area contributed by atoms with E-state index in [2.05, 4.69) is 19.9 Å². The number of pyridine rings is 1. The number of anilines is 2. The Labute approximate surface area is 188 Å². The van der Waals surface area contributed by atoms with Crippen molar-refractivity contribution in [3.8, 4) is 16.9 Å². The highest BCUT2D eigenvalue weighted by atomic mass is 19.4. The number of carbonyl (C=O) groups excluding carboxylic acids is 1. The standard InChI is InChI=1S/C24H22F3N3O3/c1-15-13-30(14-22(15)31)21-9-4-16(11-20(21)17-3-2-10-28-12-17)23(32)29-18-5-7-19(8-6-18)33-24(25,26)27/h2-12,15,22,31H,13-14H2,1H3,(H,29,32)/t15-,22-/m0/s1. The summed E-state index contributed by atoms with van der Waals surface area (Å²) in [6.45, 7) is 3.17. The molecule has 1 fully saturated rings. The minimum Gasteiger partial charge on any atom is -0.406 e. The van der Waals surface area contributed by atoms with E-state index in [0.717, 1.165) is 28.9 Å². The fourth-order valence-corrected chi connectivity index (χ4v) is 3.80. The molecule has 4 rings (SSSR count). The lowest BCUT2D eigenvalue weighted by Gasteiger charge is -2.22. The van der Waals surface area contributed by atoms with Gasteiger partial charge in [0.2, 0.25) is 0 Å². The number of hydrogen-bond donors (Lipinski definition) is 2. The largest absolute Gasteiger partial charge is 0.573 e. The van der Waals surface area contributed by atoms with Crippen LogP contribution in [0.3, 0.4) is 0 Å². The number of hydrogen-bond acceptors (Lipinski definition) is 5. The van der Waals surface area contributed by atoms with Gasteiger partial charge in [0.1, 0.15) is 5.75 Å².